The molecule has 27 heavy (non-hydrogen) atoms. The lowest BCUT2D eigenvalue weighted by atomic mass is 10.1. The second-order valence-corrected chi connectivity index (χ2v) is 9.28. The highest BCUT2D eigenvalue weighted by atomic mass is 32.2. The molecule has 2 aromatic heterocycles. The first-order valence-electron chi connectivity index (χ1n) is 9.41. The maximum absolute atomic E-state index is 12.8. The van der Waals surface area contributed by atoms with Gasteiger partial charge < -0.3 is 4.90 Å². The highest BCUT2D eigenvalue weighted by Gasteiger charge is 2.24. The molecule has 6 heteroatoms. The Bertz CT molecular complexity index is 949. The lowest BCUT2D eigenvalue weighted by Gasteiger charge is -2.28. The Labute approximate surface area is 168 Å². The Balaban J connectivity index is 1.62. The summed E-state index contributed by atoms with van der Waals surface area (Å²) in [6.07, 6.45) is 3.46. The van der Waals surface area contributed by atoms with Gasteiger partial charge in [-0.15, -0.1) is 11.3 Å². The van der Waals surface area contributed by atoms with E-state index in [4.69, 9.17) is 0 Å². The van der Waals surface area contributed by atoms with Gasteiger partial charge in [-0.05, 0) is 44.7 Å². The zero-order valence-electron chi connectivity index (χ0n) is 15.6. The van der Waals surface area contributed by atoms with E-state index in [0.717, 1.165) is 47.0 Å². The highest BCUT2D eigenvalue weighted by molar-refractivity contribution is 8.00. The molecule has 1 aromatic carbocycles. The molecule has 1 aliphatic rings. The molecule has 140 valence electrons. The minimum atomic E-state index is -0.138. The van der Waals surface area contributed by atoms with E-state index < -0.39 is 0 Å². The van der Waals surface area contributed by atoms with Crippen molar-refractivity contribution in [1.29, 1.82) is 0 Å². The number of hydrogen-bond donors (Lipinski definition) is 0. The molecule has 1 unspecified atom stereocenters. The largest absolute Gasteiger partial charge is 0.342 e. The molecule has 0 aliphatic carbocycles. The molecule has 1 aliphatic heterocycles. The number of aromatic nitrogens is 2. The highest BCUT2D eigenvalue weighted by Crippen LogP contribution is 2.38. The lowest BCUT2D eigenvalue weighted by molar-refractivity contribution is -0.131. The summed E-state index contributed by atoms with van der Waals surface area (Å²) in [5.41, 5.74) is 1.19. The number of fused-ring (bicyclic) bond motifs is 1. The minimum Gasteiger partial charge on any atom is -0.342 e. The van der Waals surface area contributed by atoms with E-state index in [1.807, 2.05) is 36.9 Å². The first-order chi connectivity index (χ1) is 13.1. The molecule has 1 atom stereocenters. The number of thioether (sulfide) groups is 1. The Morgan fingerprint density at radius 2 is 1.89 bits per heavy atom. The predicted molar refractivity (Wildman–Crippen MR) is 113 cm³/mol. The number of piperidine rings is 1. The maximum Gasteiger partial charge on any atom is 0.235 e. The zero-order valence-corrected chi connectivity index (χ0v) is 17.3. The molecule has 0 N–H and O–H groups in total. The fraction of sp³-hybridized carbons (Fsp3) is 0.381. The van der Waals surface area contributed by atoms with Gasteiger partial charge in [0.15, 0.2) is 0 Å². The smallest absolute Gasteiger partial charge is 0.235 e. The number of carbonyl (C=O) groups excluding carboxylic acids is 1. The first kappa shape index (κ1) is 18.4. The van der Waals surface area contributed by atoms with Crippen LogP contribution in [0.15, 0.2) is 41.4 Å². The van der Waals surface area contributed by atoms with Gasteiger partial charge >= 0.3 is 0 Å². The Kier molecular flexibility index (Phi) is 5.45. The van der Waals surface area contributed by atoms with E-state index in [0.29, 0.717) is 0 Å². The molecule has 1 fully saturated rings. The topological polar surface area (TPSA) is 46.1 Å². The minimum absolute atomic E-state index is 0.138. The van der Waals surface area contributed by atoms with E-state index in [1.165, 1.54) is 16.9 Å². The number of amides is 1. The molecule has 0 saturated carbocycles. The van der Waals surface area contributed by atoms with Gasteiger partial charge in [-0.1, -0.05) is 42.1 Å². The summed E-state index contributed by atoms with van der Waals surface area (Å²) in [5.74, 6) is 0.978. The summed E-state index contributed by atoms with van der Waals surface area (Å²) >= 11 is 3.24. The average molecular weight is 398 g/mol. The summed E-state index contributed by atoms with van der Waals surface area (Å²) < 4.78 is 0. The number of aryl methyl sites for hydroxylation is 1. The zero-order chi connectivity index (χ0) is 18.8. The van der Waals surface area contributed by atoms with Gasteiger partial charge in [-0.2, -0.15) is 0 Å². The molecule has 1 saturated heterocycles. The Hall–Kier alpha value is -1.92. The predicted octanol–water partition coefficient (Wildman–Crippen LogP) is 5.16. The third kappa shape index (κ3) is 4.01. The molecule has 3 heterocycles. The molecular formula is C21H23N3OS2. The number of hydrogen-bond acceptors (Lipinski definition) is 5. The third-order valence-corrected chi connectivity index (χ3v) is 7.00. The van der Waals surface area contributed by atoms with Crippen LogP contribution in [0.1, 0.15) is 32.0 Å². The fourth-order valence-electron chi connectivity index (χ4n) is 3.42. The van der Waals surface area contributed by atoms with Gasteiger partial charge in [0, 0.05) is 23.4 Å². The van der Waals surface area contributed by atoms with Crippen molar-refractivity contribution in [3.8, 4) is 10.4 Å². The van der Waals surface area contributed by atoms with Crippen LogP contribution in [0.4, 0.5) is 0 Å². The van der Waals surface area contributed by atoms with Crippen LogP contribution >= 0.6 is 23.1 Å². The van der Waals surface area contributed by atoms with Gasteiger partial charge in [0.25, 0.3) is 0 Å². The second kappa shape index (κ2) is 7.98. The van der Waals surface area contributed by atoms with Crippen molar-refractivity contribution in [1.82, 2.24) is 14.9 Å². The SMILES string of the molecule is Cc1nc(SC(C)C(=O)N2CCCCC2)c2cc(-c3ccccc3)sc2n1. The second-order valence-electron chi connectivity index (χ2n) is 6.92. The van der Waals surface area contributed by atoms with Gasteiger partial charge in [0.05, 0.1) is 5.25 Å². The molecular weight excluding hydrogens is 374 g/mol. The standard InChI is InChI=1S/C21H23N3OS2/c1-14(21(25)24-11-7-4-8-12-24)26-19-17-13-18(16-9-5-3-6-10-16)27-20(17)23-15(2)22-19/h3,5-6,9-10,13-14H,4,7-8,11-12H2,1-2H3. The van der Waals surface area contributed by atoms with E-state index in [9.17, 15) is 4.79 Å². The Morgan fingerprint density at radius 1 is 1.15 bits per heavy atom. The van der Waals surface area contributed by atoms with Gasteiger partial charge in [0.1, 0.15) is 15.7 Å². The quantitative estimate of drug-likeness (QED) is 0.451. The fourth-order valence-corrected chi connectivity index (χ4v) is 5.62. The monoisotopic (exact) mass is 397 g/mol. The molecule has 4 nitrogen and oxygen atoms in total. The lowest BCUT2D eigenvalue weighted by Crippen LogP contribution is -2.40. The maximum atomic E-state index is 12.8. The summed E-state index contributed by atoms with van der Waals surface area (Å²) in [7, 11) is 0. The number of nitrogens with zero attached hydrogens (tertiary/aromatic N) is 3. The molecule has 0 radical (unpaired) electrons. The number of thiophene rings is 1. The van der Waals surface area contributed by atoms with Crippen molar-refractivity contribution >= 4 is 39.2 Å². The van der Waals surface area contributed by atoms with Crippen LogP contribution in [-0.2, 0) is 4.79 Å². The van der Waals surface area contributed by atoms with Crippen LogP contribution < -0.4 is 0 Å². The van der Waals surface area contributed by atoms with Crippen LogP contribution in [0, 0.1) is 6.92 Å². The van der Waals surface area contributed by atoms with E-state index in [1.54, 1.807) is 23.1 Å². The van der Waals surface area contributed by atoms with Gasteiger partial charge in [0.2, 0.25) is 5.91 Å². The Morgan fingerprint density at radius 3 is 2.63 bits per heavy atom. The summed E-state index contributed by atoms with van der Waals surface area (Å²) in [6.45, 7) is 5.69. The summed E-state index contributed by atoms with van der Waals surface area (Å²) in [4.78, 5) is 26.3. The van der Waals surface area contributed by atoms with Crippen molar-refractivity contribution in [3.63, 3.8) is 0 Å². The number of likely N-dealkylation sites (tertiary alicyclic amines) is 1. The summed E-state index contributed by atoms with van der Waals surface area (Å²) in [6, 6.07) is 12.5. The van der Waals surface area contributed by atoms with Crippen LogP contribution in [0.2, 0.25) is 0 Å². The van der Waals surface area contributed by atoms with Crippen LogP contribution in [0.5, 0.6) is 0 Å². The van der Waals surface area contributed by atoms with E-state index >= 15 is 0 Å². The van der Waals surface area contributed by atoms with Gasteiger partial charge in [-0.25, -0.2) is 9.97 Å². The molecule has 0 spiro atoms. The van der Waals surface area contributed by atoms with Crippen molar-refractivity contribution < 1.29 is 4.79 Å². The normalized spacial score (nSPS) is 15.9. The first-order valence-corrected chi connectivity index (χ1v) is 11.1. The number of rotatable bonds is 4. The van der Waals surface area contributed by atoms with Crippen molar-refractivity contribution in [2.75, 3.05) is 13.1 Å². The number of carbonyl (C=O) groups is 1. The third-order valence-electron chi connectivity index (χ3n) is 4.83. The van der Waals surface area contributed by atoms with Crippen molar-refractivity contribution in [3.05, 3.63) is 42.2 Å². The van der Waals surface area contributed by atoms with E-state index in [-0.39, 0.29) is 11.2 Å². The molecule has 3 aromatic rings. The van der Waals surface area contributed by atoms with Crippen LogP contribution in [0.3, 0.4) is 0 Å². The summed E-state index contributed by atoms with van der Waals surface area (Å²) in [5, 5.41) is 1.82. The van der Waals surface area contributed by atoms with Crippen molar-refractivity contribution in [2.24, 2.45) is 0 Å². The van der Waals surface area contributed by atoms with Crippen LogP contribution in [0.25, 0.3) is 20.7 Å². The van der Waals surface area contributed by atoms with Crippen molar-refractivity contribution in [2.45, 2.75) is 43.4 Å². The van der Waals surface area contributed by atoms with Crippen LogP contribution in [-0.4, -0.2) is 39.1 Å². The molecule has 1 amide bonds. The van der Waals surface area contributed by atoms with E-state index in [2.05, 4.69) is 28.2 Å². The molecule has 4 rings (SSSR count). The number of benzene rings is 1. The van der Waals surface area contributed by atoms with Gasteiger partial charge in [-0.3, -0.25) is 4.79 Å². The average Bonchev–Trinajstić information content (AvgIpc) is 3.13. The molecule has 0 bridgehead atoms.